The first-order valence-corrected chi connectivity index (χ1v) is 7.66. The number of aromatic nitrogens is 1. The molecule has 1 fully saturated rings. The molecule has 0 spiro atoms. The van der Waals surface area contributed by atoms with Crippen LogP contribution >= 0.6 is 0 Å². The van der Waals surface area contributed by atoms with E-state index >= 15 is 0 Å². The van der Waals surface area contributed by atoms with Crippen molar-refractivity contribution in [1.82, 2.24) is 10.3 Å². The third-order valence-corrected chi connectivity index (χ3v) is 3.99. The van der Waals surface area contributed by atoms with Crippen molar-refractivity contribution in [3.8, 4) is 0 Å². The number of carbonyl (C=O) groups is 1. The molecule has 0 bridgehead atoms. The molecule has 0 aliphatic heterocycles. The zero-order chi connectivity index (χ0) is 14.4. The van der Waals surface area contributed by atoms with Crippen molar-refractivity contribution in [2.45, 2.75) is 39.5 Å². The number of hydrogen-bond donors (Lipinski definition) is 2. The molecule has 0 radical (unpaired) electrons. The second kappa shape index (κ2) is 7.27. The molecule has 4 heteroatoms. The lowest BCUT2D eigenvalue weighted by atomic mass is 10.1. The quantitative estimate of drug-likeness (QED) is 0.839. The number of anilines is 1. The molecule has 2 atom stereocenters. The molecular formula is C16H25N3O. The maximum absolute atomic E-state index is 12.3. The van der Waals surface area contributed by atoms with E-state index in [4.69, 9.17) is 0 Å². The Bertz CT molecular complexity index is 447. The SMILES string of the molecule is CCCNc1ccncc1C(=O)NCC1CCC(C)C1. The van der Waals surface area contributed by atoms with E-state index in [1.54, 1.807) is 12.4 Å². The molecular weight excluding hydrogens is 250 g/mol. The van der Waals surface area contributed by atoms with Crippen molar-refractivity contribution in [1.29, 1.82) is 0 Å². The normalized spacial score (nSPS) is 21.7. The van der Waals surface area contributed by atoms with Crippen LogP contribution in [0.3, 0.4) is 0 Å². The Morgan fingerprint density at radius 2 is 2.30 bits per heavy atom. The number of nitrogens with zero attached hydrogens (tertiary/aromatic N) is 1. The van der Waals surface area contributed by atoms with Crippen LogP contribution in [0.4, 0.5) is 5.69 Å². The van der Waals surface area contributed by atoms with E-state index in [0.29, 0.717) is 11.5 Å². The standard InChI is InChI=1S/C16H25N3O/c1-3-7-18-15-6-8-17-11-14(15)16(20)19-10-13-5-4-12(2)9-13/h6,8,11-13H,3-5,7,9-10H2,1-2H3,(H,17,18)(H,19,20). The first kappa shape index (κ1) is 14.8. The van der Waals surface area contributed by atoms with Gasteiger partial charge in [-0.25, -0.2) is 0 Å². The highest BCUT2D eigenvalue weighted by atomic mass is 16.1. The minimum atomic E-state index is -0.0174. The number of carbonyl (C=O) groups excluding carboxylic acids is 1. The molecule has 1 saturated carbocycles. The van der Waals surface area contributed by atoms with Gasteiger partial charge < -0.3 is 10.6 Å². The molecule has 1 heterocycles. The maximum atomic E-state index is 12.3. The fraction of sp³-hybridized carbons (Fsp3) is 0.625. The van der Waals surface area contributed by atoms with E-state index in [0.717, 1.165) is 31.1 Å². The lowest BCUT2D eigenvalue weighted by molar-refractivity contribution is 0.0947. The fourth-order valence-corrected chi connectivity index (χ4v) is 2.83. The van der Waals surface area contributed by atoms with Gasteiger partial charge in [-0.15, -0.1) is 0 Å². The Labute approximate surface area is 121 Å². The van der Waals surface area contributed by atoms with Crippen LogP contribution in [0, 0.1) is 11.8 Å². The van der Waals surface area contributed by atoms with Gasteiger partial charge >= 0.3 is 0 Å². The van der Waals surface area contributed by atoms with Gasteiger partial charge in [-0.3, -0.25) is 9.78 Å². The van der Waals surface area contributed by atoms with Gasteiger partial charge in [0.25, 0.3) is 5.91 Å². The third-order valence-electron chi connectivity index (χ3n) is 3.99. The molecule has 0 aromatic carbocycles. The van der Waals surface area contributed by atoms with Gasteiger partial charge in [0.2, 0.25) is 0 Å². The van der Waals surface area contributed by atoms with Crippen LogP contribution in [0.25, 0.3) is 0 Å². The van der Waals surface area contributed by atoms with E-state index in [1.807, 2.05) is 6.07 Å². The average Bonchev–Trinajstić information content (AvgIpc) is 2.88. The summed E-state index contributed by atoms with van der Waals surface area (Å²) >= 11 is 0. The van der Waals surface area contributed by atoms with Gasteiger partial charge in [-0.05, 0) is 37.2 Å². The molecule has 0 saturated heterocycles. The van der Waals surface area contributed by atoms with Gasteiger partial charge in [0.05, 0.1) is 11.3 Å². The van der Waals surface area contributed by atoms with Crippen molar-refractivity contribution in [2.75, 3.05) is 18.4 Å². The summed E-state index contributed by atoms with van der Waals surface area (Å²) in [6.45, 7) is 6.04. The molecule has 1 aliphatic rings. The molecule has 1 aliphatic carbocycles. The van der Waals surface area contributed by atoms with E-state index < -0.39 is 0 Å². The smallest absolute Gasteiger partial charge is 0.254 e. The number of hydrogen-bond acceptors (Lipinski definition) is 3. The molecule has 2 unspecified atom stereocenters. The van der Waals surface area contributed by atoms with Crippen LogP contribution in [0.2, 0.25) is 0 Å². The van der Waals surface area contributed by atoms with Gasteiger partial charge in [0.1, 0.15) is 0 Å². The van der Waals surface area contributed by atoms with Crippen LogP contribution < -0.4 is 10.6 Å². The van der Waals surface area contributed by atoms with E-state index in [1.165, 1.54) is 19.3 Å². The molecule has 1 aromatic rings. The molecule has 110 valence electrons. The summed E-state index contributed by atoms with van der Waals surface area (Å²) < 4.78 is 0. The Kier molecular flexibility index (Phi) is 5.39. The zero-order valence-electron chi connectivity index (χ0n) is 12.5. The Balaban J connectivity index is 1.91. The van der Waals surface area contributed by atoms with Crippen LogP contribution in [0.5, 0.6) is 0 Å². The zero-order valence-corrected chi connectivity index (χ0v) is 12.5. The topological polar surface area (TPSA) is 54.0 Å². The first-order chi connectivity index (χ1) is 9.70. The summed E-state index contributed by atoms with van der Waals surface area (Å²) in [4.78, 5) is 16.3. The van der Waals surface area contributed by atoms with Gasteiger partial charge in [-0.1, -0.05) is 20.3 Å². The van der Waals surface area contributed by atoms with Gasteiger partial charge in [0.15, 0.2) is 0 Å². The van der Waals surface area contributed by atoms with Crippen LogP contribution in [0.15, 0.2) is 18.5 Å². The van der Waals surface area contributed by atoms with E-state index in [9.17, 15) is 4.79 Å². The van der Waals surface area contributed by atoms with Crippen LogP contribution in [-0.2, 0) is 0 Å². The lowest BCUT2D eigenvalue weighted by Crippen LogP contribution is -2.29. The van der Waals surface area contributed by atoms with Crippen molar-refractivity contribution >= 4 is 11.6 Å². The Morgan fingerprint density at radius 1 is 1.45 bits per heavy atom. The molecule has 20 heavy (non-hydrogen) atoms. The largest absolute Gasteiger partial charge is 0.384 e. The summed E-state index contributed by atoms with van der Waals surface area (Å²) in [7, 11) is 0. The highest BCUT2D eigenvalue weighted by Gasteiger charge is 2.22. The summed E-state index contributed by atoms with van der Waals surface area (Å²) in [6.07, 6.45) is 8.14. The molecule has 2 N–H and O–H groups in total. The molecule has 1 amide bonds. The number of pyridine rings is 1. The summed E-state index contributed by atoms with van der Waals surface area (Å²) in [5, 5.41) is 6.34. The van der Waals surface area contributed by atoms with Crippen molar-refractivity contribution < 1.29 is 4.79 Å². The highest BCUT2D eigenvalue weighted by Crippen LogP contribution is 2.29. The van der Waals surface area contributed by atoms with Crippen molar-refractivity contribution in [3.63, 3.8) is 0 Å². The van der Waals surface area contributed by atoms with Crippen molar-refractivity contribution in [2.24, 2.45) is 11.8 Å². The Morgan fingerprint density at radius 3 is 3.00 bits per heavy atom. The molecule has 1 aromatic heterocycles. The average molecular weight is 275 g/mol. The molecule has 4 nitrogen and oxygen atoms in total. The fourth-order valence-electron chi connectivity index (χ4n) is 2.83. The highest BCUT2D eigenvalue weighted by molar-refractivity contribution is 5.99. The number of rotatable bonds is 6. The summed E-state index contributed by atoms with van der Waals surface area (Å²) in [6, 6.07) is 1.86. The lowest BCUT2D eigenvalue weighted by Gasteiger charge is -2.13. The third kappa shape index (κ3) is 3.95. The minimum absolute atomic E-state index is 0.0174. The van der Waals surface area contributed by atoms with Gasteiger partial charge in [0, 0.05) is 25.5 Å². The first-order valence-electron chi connectivity index (χ1n) is 7.66. The summed E-state index contributed by atoms with van der Waals surface area (Å²) in [5.41, 5.74) is 1.52. The monoisotopic (exact) mass is 275 g/mol. The number of amides is 1. The van der Waals surface area contributed by atoms with Gasteiger partial charge in [-0.2, -0.15) is 0 Å². The minimum Gasteiger partial charge on any atom is -0.384 e. The van der Waals surface area contributed by atoms with Crippen molar-refractivity contribution in [3.05, 3.63) is 24.0 Å². The second-order valence-electron chi connectivity index (χ2n) is 5.84. The molecule has 2 rings (SSSR count). The summed E-state index contributed by atoms with van der Waals surface area (Å²) in [5.74, 6) is 1.42. The van der Waals surface area contributed by atoms with E-state index in [-0.39, 0.29) is 5.91 Å². The van der Waals surface area contributed by atoms with E-state index in [2.05, 4.69) is 29.5 Å². The Hall–Kier alpha value is -1.58. The van der Waals surface area contributed by atoms with Crippen LogP contribution in [-0.4, -0.2) is 24.0 Å². The van der Waals surface area contributed by atoms with Crippen LogP contribution in [0.1, 0.15) is 49.9 Å². The predicted octanol–water partition coefficient (Wildman–Crippen LogP) is 3.07. The maximum Gasteiger partial charge on any atom is 0.254 e. The predicted molar refractivity (Wildman–Crippen MR) is 81.9 cm³/mol. The number of nitrogens with one attached hydrogen (secondary N) is 2. The second-order valence-corrected chi connectivity index (χ2v) is 5.84.